The molecule has 2 rings (SSSR count). The van der Waals surface area contributed by atoms with Crippen LogP contribution in [0.5, 0.6) is 0 Å². The van der Waals surface area contributed by atoms with Crippen LogP contribution in [-0.2, 0) is 19.4 Å². The highest BCUT2D eigenvalue weighted by atomic mass is 15.1. The van der Waals surface area contributed by atoms with Crippen molar-refractivity contribution in [1.29, 1.82) is 0 Å². The number of rotatable bonds is 5. The summed E-state index contributed by atoms with van der Waals surface area (Å²) in [5, 5.41) is 3.42. The molecule has 0 radical (unpaired) electrons. The van der Waals surface area contributed by atoms with Crippen molar-refractivity contribution >= 4 is 0 Å². The average Bonchev–Trinajstić information content (AvgIpc) is 2.71. The molecule has 1 aliphatic rings. The Morgan fingerprint density at radius 3 is 2.71 bits per heavy atom. The van der Waals surface area contributed by atoms with Gasteiger partial charge in [0.05, 0.1) is 5.69 Å². The molecule has 0 spiro atoms. The summed E-state index contributed by atoms with van der Waals surface area (Å²) in [6.07, 6.45) is 5.86. The first-order chi connectivity index (χ1) is 8.31. The second-order valence-corrected chi connectivity index (χ2v) is 4.94. The van der Waals surface area contributed by atoms with E-state index in [0.717, 1.165) is 25.9 Å². The SMILES string of the molecule is CCCc1nc2c(n1C(CC)CC)CCNC2. The Kier molecular flexibility index (Phi) is 4.21. The van der Waals surface area contributed by atoms with E-state index in [1.54, 1.807) is 0 Å². The lowest BCUT2D eigenvalue weighted by atomic mass is 10.1. The zero-order chi connectivity index (χ0) is 12.3. The van der Waals surface area contributed by atoms with Gasteiger partial charge in [0.25, 0.3) is 0 Å². The van der Waals surface area contributed by atoms with Crippen LogP contribution in [0.25, 0.3) is 0 Å². The number of hydrogen-bond donors (Lipinski definition) is 1. The van der Waals surface area contributed by atoms with Crippen LogP contribution in [0.4, 0.5) is 0 Å². The van der Waals surface area contributed by atoms with Crippen molar-refractivity contribution in [3.63, 3.8) is 0 Å². The maximum Gasteiger partial charge on any atom is 0.109 e. The van der Waals surface area contributed by atoms with Crippen molar-refractivity contribution in [3.05, 3.63) is 17.2 Å². The second kappa shape index (κ2) is 5.67. The Morgan fingerprint density at radius 2 is 2.06 bits per heavy atom. The minimum absolute atomic E-state index is 0.644. The second-order valence-electron chi connectivity index (χ2n) is 4.94. The van der Waals surface area contributed by atoms with E-state index >= 15 is 0 Å². The smallest absolute Gasteiger partial charge is 0.109 e. The Labute approximate surface area is 105 Å². The Morgan fingerprint density at radius 1 is 1.29 bits per heavy atom. The van der Waals surface area contributed by atoms with Gasteiger partial charge in [0.2, 0.25) is 0 Å². The largest absolute Gasteiger partial charge is 0.329 e. The van der Waals surface area contributed by atoms with E-state index in [2.05, 4.69) is 30.7 Å². The molecule has 0 saturated heterocycles. The normalized spacial score (nSPS) is 15.3. The quantitative estimate of drug-likeness (QED) is 0.850. The van der Waals surface area contributed by atoms with E-state index in [0.29, 0.717) is 6.04 Å². The molecular formula is C14H25N3. The van der Waals surface area contributed by atoms with Crippen molar-refractivity contribution in [3.8, 4) is 0 Å². The summed E-state index contributed by atoms with van der Waals surface area (Å²) in [7, 11) is 0. The number of nitrogens with one attached hydrogen (secondary N) is 1. The van der Waals surface area contributed by atoms with E-state index in [4.69, 9.17) is 4.98 Å². The summed E-state index contributed by atoms with van der Waals surface area (Å²) < 4.78 is 2.56. The molecule has 1 aromatic heterocycles. The molecule has 2 heterocycles. The third-order valence-corrected chi connectivity index (χ3v) is 3.78. The summed E-state index contributed by atoms with van der Waals surface area (Å²) in [4.78, 5) is 4.86. The first kappa shape index (κ1) is 12.6. The van der Waals surface area contributed by atoms with Crippen LogP contribution < -0.4 is 5.32 Å². The summed E-state index contributed by atoms with van der Waals surface area (Å²) >= 11 is 0. The maximum absolute atomic E-state index is 4.86. The van der Waals surface area contributed by atoms with Crippen molar-refractivity contribution < 1.29 is 0 Å². The Hall–Kier alpha value is -0.830. The molecule has 1 aromatic rings. The van der Waals surface area contributed by atoms with Crippen LogP contribution in [0.1, 0.15) is 63.3 Å². The van der Waals surface area contributed by atoms with Gasteiger partial charge in [0, 0.05) is 37.7 Å². The van der Waals surface area contributed by atoms with Crippen LogP contribution in [-0.4, -0.2) is 16.1 Å². The fourth-order valence-electron chi connectivity index (χ4n) is 2.87. The first-order valence-electron chi connectivity index (χ1n) is 7.11. The highest BCUT2D eigenvalue weighted by Crippen LogP contribution is 2.26. The third kappa shape index (κ3) is 2.39. The molecule has 0 fully saturated rings. The van der Waals surface area contributed by atoms with Gasteiger partial charge in [-0.25, -0.2) is 4.98 Å². The molecule has 1 aliphatic heterocycles. The molecule has 3 nitrogen and oxygen atoms in total. The summed E-state index contributed by atoms with van der Waals surface area (Å²) in [5.41, 5.74) is 2.80. The van der Waals surface area contributed by atoms with Gasteiger partial charge in [-0.1, -0.05) is 20.8 Å². The fraction of sp³-hybridized carbons (Fsp3) is 0.786. The molecule has 3 heteroatoms. The van der Waals surface area contributed by atoms with Gasteiger partial charge in [-0.2, -0.15) is 0 Å². The van der Waals surface area contributed by atoms with Gasteiger partial charge in [0.1, 0.15) is 5.82 Å². The Bertz CT molecular complexity index is 364. The number of imidazole rings is 1. The zero-order valence-corrected chi connectivity index (χ0v) is 11.4. The monoisotopic (exact) mass is 235 g/mol. The van der Waals surface area contributed by atoms with Crippen molar-refractivity contribution in [2.75, 3.05) is 6.54 Å². The molecule has 0 unspecified atom stereocenters. The molecule has 1 N–H and O–H groups in total. The first-order valence-corrected chi connectivity index (χ1v) is 7.11. The minimum Gasteiger partial charge on any atom is -0.329 e. The van der Waals surface area contributed by atoms with Gasteiger partial charge < -0.3 is 9.88 Å². The molecule has 0 atom stereocenters. The van der Waals surface area contributed by atoms with Crippen molar-refractivity contribution in [2.24, 2.45) is 0 Å². The number of hydrogen-bond acceptors (Lipinski definition) is 2. The highest BCUT2D eigenvalue weighted by Gasteiger charge is 2.22. The van der Waals surface area contributed by atoms with Gasteiger partial charge in [-0.3, -0.25) is 0 Å². The van der Waals surface area contributed by atoms with Crippen LogP contribution in [0, 0.1) is 0 Å². The molecule has 17 heavy (non-hydrogen) atoms. The van der Waals surface area contributed by atoms with Crippen molar-refractivity contribution in [1.82, 2.24) is 14.9 Å². The van der Waals surface area contributed by atoms with E-state index in [1.807, 2.05) is 0 Å². The molecular weight excluding hydrogens is 210 g/mol. The van der Waals surface area contributed by atoms with E-state index in [1.165, 1.54) is 36.5 Å². The fourth-order valence-corrected chi connectivity index (χ4v) is 2.87. The van der Waals surface area contributed by atoms with Gasteiger partial charge in [-0.05, 0) is 19.3 Å². The molecule has 0 bridgehead atoms. The lowest BCUT2D eigenvalue weighted by Gasteiger charge is -2.22. The topological polar surface area (TPSA) is 29.9 Å². The summed E-state index contributed by atoms with van der Waals surface area (Å²) in [5.74, 6) is 1.31. The summed E-state index contributed by atoms with van der Waals surface area (Å²) in [6, 6.07) is 0.644. The van der Waals surface area contributed by atoms with E-state index < -0.39 is 0 Å². The minimum atomic E-state index is 0.644. The maximum atomic E-state index is 4.86. The van der Waals surface area contributed by atoms with Crippen LogP contribution >= 0.6 is 0 Å². The van der Waals surface area contributed by atoms with Gasteiger partial charge in [0.15, 0.2) is 0 Å². The summed E-state index contributed by atoms with van der Waals surface area (Å²) in [6.45, 7) is 8.88. The molecule has 0 saturated carbocycles. The third-order valence-electron chi connectivity index (χ3n) is 3.78. The van der Waals surface area contributed by atoms with Crippen LogP contribution in [0.3, 0.4) is 0 Å². The standard InChI is InChI=1S/C14H25N3/c1-4-7-14-16-12-10-15-9-8-13(12)17(14)11(5-2)6-3/h11,15H,4-10H2,1-3H3. The number of nitrogens with zero attached hydrogens (tertiary/aromatic N) is 2. The lowest BCUT2D eigenvalue weighted by molar-refractivity contribution is 0.434. The lowest BCUT2D eigenvalue weighted by Crippen LogP contribution is -2.26. The number of aromatic nitrogens is 2. The molecule has 0 aliphatic carbocycles. The predicted octanol–water partition coefficient (Wildman–Crippen LogP) is 2.84. The number of aryl methyl sites for hydroxylation is 1. The van der Waals surface area contributed by atoms with E-state index in [-0.39, 0.29) is 0 Å². The van der Waals surface area contributed by atoms with Gasteiger partial charge >= 0.3 is 0 Å². The predicted molar refractivity (Wildman–Crippen MR) is 71.3 cm³/mol. The molecule has 96 valence electrons. The van der Waals surface area contributed by atoms with E-state index in [9.17, 15) is 0 Å². The average molecular weight is 235 g/mol. The van der Waals surface area contributed by atoms with Crippen LogP contribution in [0.2, 0.25) is 0 Å². The Balaban J connectivity index is 2.40. The highest BCUT2D eigenvalue weighted by molar-refractivity contribution is 5.21. The van der Waals surface area contributed by atoms with Crippen molar-refractivity contribution in [2.45, 2.75) is 65.5 Å². The molecule has 0 aromatic carbocycles. The zero-order valence-electron chi connectivity index (χ0n) is 11.4. The van der Waals surface area contributed by atoms with Gasteiger partial charge in [-0.15, -0.1) is 0 Å². The molecule has 0 amide bonds. The van der Waals surface area contributed by atoms with Crippen LogP contribution in [0.15, 0.2) is 0 Å². The number of fused-ring (bicyclic) bond motifs is 1.